The first-order valence-electron chi connectivity index (χ1n) is 8.84. The monoisotopic (exact) mass is 463 g/mol. The van der Waals surface area contributed by atoms with Gasteiger partial charge in [-0.2, -0.15) is 4.36 Å². The fourth-order valence-corrected chi connectivity index (χ4v) is 3.87. The number of hydrogen-bond acceptors (Lipinski definition) is 6. The van der Waals surface area contributed by atoms with Crippen molar-refractivity contribution in [3.63, 3.8) is 0 Å². The summed E-state index contributed by atoms with van der Waals surface area (Å²) in [6.07, 6.45) is 7.73. The molecule has 0 saturated heterocycles. The molecule has 7 nitrogen and oxygen atoms in total. The number of benzene rings is 1. The van der Waals surface area contributed by atoms with Gasteiger partial charge in [0.15, 0.2) is 0 Å². The Balaban J connectivity index is 1.87. The lowest BCUT2D eigenvalue weighted by atomic mass is 10.1. The number of aromatic nitrogens is 3. The van der Waals surface area contributed by atoms with Crippen molar-refractivity contribution in [2.45, 2.75) is 13.0 Å². The maximum atomic E-state index is 12.6. The number of nitrogens with one attached hydrogen (secondary N) is 1. The van der Waals surface area contributed by atoms with Crippen LogP contribution in [-0.2, 0) is 9.73 Å². The molecule has 1 aromatic carbocycles. The molecule has 2 heterocycles. The molecule has 0 fully saturated rings. The minimum atomic E-state index is -2.28. The van der Waals surface area contributed by atoms with Gasteiger partial charge in [-0.15, -0.1) is 0 Å². The van der Waals surface area contributed by atoms with Crippen LogP contribution in [0.1, 0.15) is 29.0 Å². The van der Waals surface area contributed by atoms with Crippen molar-refractivity contribution in [1.82, 2.24) is 20.3 Å². The van der Waals surface area contributed by atoms with E-state index in [0.717, 1.165) is 0 Å². The van der Waals surface area contributed by atoms with Crippen molar-refractivity contribution < 1.29 is 9.00 Å². The largest absolute Gasteiger partial charge is 0.344 e. The van der Waals surface area contributed by atoms with Gasteiger partial charge in [0.05, 0.1) is 29.3 Å². The highest BCUT2D eigenvalue weighted by atomic mass is 35.5. The van der Waals surface area contributed by atoms with Crippen LogP contribution in [0.25, 0.3) is 11.4 Å². The lowest BCUT2D eigenvalue weighted by Gasteiger charge is -2.16. The van der Waals surface area contributed by atoms with Crippen LogP contribution in [0, 0.1) is 0 Å². The highest BCUT2D eigenvalue weighted by Crippen LogP contribution is 2.25. The van der Waals surface area contributed by atoms with Gasteiger partial charge in [-0.3, -0.25) is 19.7 Å². The molecule has 0 aliphatic carbocycles. The zero-order valence-corrected chi connectivity index (χ0v) is 18.8. The number of pyridine rings is 1. The average molecular weight is 464 g/mol. The van der Waals surface area contributed by atoms with E-state index in [4.69, 9.17) is 23.2 Å². The van der Waals surface area contributed by atoms with E-state index in [-0.39, 0.29) is 5.91 Å². The summed E-state index contributed by atoms with van der Waals surface area (Å²) in [6.45, 7) is 1.80. The molecule has 0 unspecified atom stereocenters. The molecule has 0 saturated carbocycles. The van der Waals surface area contributed by atoms with E-state index in [9.17, 15) is 9.00 Å². The van der Waals surface area contributed by atoms with Crippen molar-refractivity contribution in [1.29, 1.82) is 0 Å². The van der Waals surface area contributed by atoms with Crippen LogP contribution in [-0.4, -0.2) is 37.6 Å². The maximum absolute atomic E-state index is 12.6. The molecule has 1 N–H and O–H groups in total. The predicted molar refractivity (Wildman–Crippen MR) is 120 cm³/mol. The van der Waals surface area contributed by atoms with E-state index in [1.807, 2.05) is 0 Å². The molecule has 3 rings (SSSR count). The lowest BCUT2D eigenvalue weighted by molar-refractivity contribution is 0.0939. The standard InChI is InChI=1S/C20H19Cl2N5O2S/c1-12(26-20(28)13-8-14(21)10-15(22)9-13)18-19(24-7-6-23-18)17-5-4-16(11-25-17)27-30(2,3)29/h4-12H,1-3H3,(H,26,28)/t12-/m0/s1. The van der Waals surface area contributed by atoms with Crippen LogP contribution < -0.4 is 5.32 Å². The zero-order valence-electron chi connectivity index (χ0n) is 16.5. The summed E-state index contributed by atoms with van der Waals surface area (Å²) in [7, 11) is -2.28. The van der Waals surface area contributed by atoms with Gasteiger partial charge >= 0.3 is 0 Å². The Morgan fingerprint density at radius 3 is 2.33 bits per heavy atom. The van der Waals surface area contributed by atoms with E-state index in [2.05, 4.69) is 24.6 Å². The van der Waals surface area contributed by atoms with Crippen LogP contribution in [0.3, 0.4) is 0 Å². The molecule has 0 radical (unpaired) electrons. The molecule has 30 heavy (non-hydrogen) atoms. The Bertz CT molecular complexity index is 1180. The average Bonchev–Trinajstić information content (AvgIpc) is 2.66. The predicted octanol–water partition coefficient (Wildman–Crippen LogP) is 4.70. The van der Waals surface area contributed by atoms with Crippen LogP contribution in [0.5, 0.6) is 0 Å². The van der Waals surface area contributed by atoms with Crippen LogP contribution in [0.2, 0.25) is 10.0 Å². The van der Waals surface area contributed by atoms with Gasteiger partial charge in [0.25, 0.3) is 5.91 Å². The topological polar surface area (TPSA) is 97.2 Å². The molecular formula is C20H19Cl2N5O2S. The van der Waals surface area contributed by atoms with E-state index in [0.29, 0.717) is 38.4 Å². The summed E-state index contributed by atoms with van der Waals surface area (Å²) in [6, 6.07) is 7.61. The van der Waals surface area contributed by atoms with Crippen molar-refractivity contribution >= 4 is 44.5 Å². The number of nitrogens with zero attached hydrogens (tertiary/aromatic N) is 4. The van der Waals surface area contributed by atoms with E-state index >= 15 is 0 Å². The van der Waals surface area contributed by atoms with E-state index in [1.54, 1.807) is 50.0 Å². The van der Waals surface area contributed by atoms with Crippen molar-refractivity contribution in [2.24, 2.45) is 4.36 Å². The summed E-state index contributed by atoms with van der Waals surface area (Å²) >= 11 is 12.0. The second-order valence-corrected chi connectivity index (χ2v) is 10.2. The first-order valence-corrected chi connectivity index (χ1v) is 11.9. The van der Waals surface area contributed by atoms with Gasteiger partial charge in [0, 0.05) is 50.2 Å². The molecule has 0 spiro atoms. The molecule has 1 atom stereocenters. The quantitative estimate of drug-likeness (QED) is 0.591. The summed E-state index contributed by atoms with van der Waals surface area (Å²) in [4.78, 5) is 25.8. The number of carbonyl (C=O) groups is 1. The fourth-order valence-electron chi connectivity index (χ4n) is 2.73. The summed E-state index contributed by atoms with van der Waals surface area (Å²) < 4.78 is 16.0. The van der Waals surface area contributed by atoms with Crippen molar-refractivity contribution in [3.05, 3.63) is 70.2 Å². The first kappa shape index (κ1) is 22.1. The summed E-state index contributed by atoms with van der Waals surface area (Å²) in [5.41, 5.74) is 2.48. The van der Waals surface area contributed by atoms with E-state index < -0.39 is 15.8 Å². The fraction of sp³-hybridized carbons (Fsp3) is 0.200. The van der Waals surface area contributed by atoms with Crippen LogP contribution >= 0.6 is 23.2 Å². The molecule has 0 aliphatic heterocycles. The summed E-state index contributed by atoms with van der Waals surface area (Å²) in [5, 5.41) is 3.62. The van der Waals surface area contributed by atoms with Gasteiger partial charge in [0.2, 0.25) is 0 Å². The molecule has 1 amide bonds. The Hall–Kier alpha value is -2.55. The first-order chi connectivity index (χ1) is 14.1. The van der Waals surface area contributed by atoms with Gasteiger partial charge in [0.1, 0.15) is 5.69 Å². The SMILES string of the molecule is C[C@H](NC(=O)c1cc(Cl)cc(Cl)c1)c1nccnc1-c1ccc(N=S(C)(C)=O)cn1. The highest BCUT2D eigenvalue weighted by molar-refractivity contribution is 7.92. The molecule has 2 aromatic heterocycles. The Labute approximate surface area is 185 Å². The molecule has 10 heteroatoms. The van der Waals surface area contributed by atoms with Crippen molar-refractivity contribution in [3.8, 4) is 11.4 Å². The summed E-state index contributed by atoms with van der Waals surface area (Å²) in [5.74, 6) is -0.341. The van der Waals surface area contributed by atoms with Crippen LogP contribution in [0.15, 0.2) is 53.3 Å². The van der Waals surface area contributed by atoms with Gasteiger partial charge in [-0.1, -0.05) is 23.2 Å². The van der Waals surface area contributed by atoms with Gasteiger partial charge in [-0.25, -0.2) is 4.21 Å². The van der Waals surface area contributed by atoms with Gasteiger partial charge < -0.3 is 5.32 Å². The molecule has 156 valence electrons. The number of amides is 1. The normalized spacial score (nSPS) is 12.3. The Kier molecular flexibility index (Phi) is 6.70. The van der Waals surface area contributed by atoms with Crippen molar-refractivity contribution in [2.75, 3.05) is 12.5 Å². The number of hydrogen-bond donors (Lipinski definition) is 1. The Morgan fingerprint density at radius 1 is 1.07 bits per heavy atom. The minimum absolute atomic E-state index is 0.341. The third kappa shape index (κ3) is 5.75. The third-order valence-electron chi connectivity index (χ3n) is 3.92. The third-order valence-corrected chi connectivity index (χ3v) is 5.01. The molecular weight excluding hydrogens is 445 g/mol. The van der Waals surface area contributed by atoms with Crippen LogP contribution in [0.4, 0.5) is 5.69 Å². The van der Waals surface area contributed by atoms with Gasteiger partial charge in [-0.05, 0) is 37.3 Å². The second kappa shape index (κ2) is 9.07. The minimum Gasteiger partial charge on any atom is -0.344 e. The molecule has 0 bridgehead atoms. The maximum Gasteiger partial charge on any atom is 0.251 e. The number of halogens is 2. The highest BCUT2D eigenvalue weighted by Gasteiger charge is 2.19. The number of rotatable bonds is 5. The molecule has 3 aromatic rings. The molecule has 0 aliphatic rings. The lowest BCUT2D eigenvalue weighted by Crippen LogP contribution is -2.28. The Morgan fingerprint density at radius 2 is 1.73 bits per heavy atom. The van der Waals surface area contributed by atoms with E-state index in [1.165, 1.54) is 18.3 Å². The second-order valence-electron chi connectivity index (χ2n) is 6.82. The number of carbonyl (C=O) groups excluding carboxylic acids is 1. The zero-order chi connectivity index (χ0) is 21.9. The smallest absolute Gasteiger partial charge is 0.251 e.